The Morgan fingerprint density at radius 2 is 1.95 bits per heavy atom. The van der Waals surface area contributed by atoms with Crippen LogP contribution in [0.1, 0.15) is 16.1 Å². The van der Waals surface area contributed by atoms with Gasteiger partial charge in [-0.1, -0.05) is 29.8 Å². The molecule has 0 spiro atoms. The first-order valence-electron chi connectivity index (χ1n) is 5.86. The van der Waals surface area contributed by atoms with Gasteiger partial charge in [0.25, 0.3) is 0 Å². The Bertz CT molecular complexity index is 594. The Morgan fingerprint density at radius 1 is 1.26 bits per heavy atom. The highest BCUT2D eigenvalue weighted by Crippen LogP contribution is 2.20. The molecule has 2 aromatic rings. The number of nitrogens with zero attached hydrogens (tertiary/aromatic N) is 2. The number of hydrogen-bond donors (Lipinski definition) is 1. The molecule has 0 saturated heterocycles. The molecule has 5 nitrogen and oxygen atoms in total. The molecule has 5 heteroatoms. The molecule has 1 N–H and O–H groups in total. The van der Waals surface area contributed by atoms with Crippen LogP contribution in [0.4, 0.5) is 5.82 Å². The molecule has 0 aliphatic heterocycles. The monoisotopic (exact) mass is 257 g/mol. The summed E-state index contributed by atoms with van der Waals surface area (Å²) in [5.74, 6) is -0.103. The van der Waals surface area contributed by atoms with E-state index in [1.807, 2.05) is 31.2 Å². The molecule has 0 unspecified atom stereocenters. The van der Waals surface area contributed by atoms with Crippen molar-refractivity contribution in [2.75, 3.05) is 19.5 Å². The van der Waals surface area contributed by atoms with Gasteiger partial charge in [0.05, 0.1) is 19.0 Å². The van der Waals surface area contributed by atoms with Crippen LogP contribution in [0.5, 0.6) is 0 Å². The molecule has 0 saturated carbocycles. The number of ether oxygens (including phenoxy) is 1. The minimum absolute atomic E-state index is 0.183. The van der Waals surface area contributed by atoms with Gasteiger partial charge in [0.1, 0.15) is 0 Å². The molecule has 0 amide bonds. The summed E-state index contributed by atoms with van der Waals surface area (Å²) in [4.78, 5) is 20.2. The van der Waals surface area contributed by atoms with Crippen LogP contribution in [-0.2, 0) is 4.74 Å². The largest absolute Gasteiger partial charge is 0.464 e. The van der Waals surface area contributed by atoms with Crippen molar-refractivity contribution >= 4 is 11.8 Å². The second-order valence-corrected chi connectivity index (χ2v) is 4.06. The summed E-state index contributed by atoms with van der Waals surface area (Å²) in [7, 11) is 3.00. The van der Waals surface area contributed by atoms with E-state index in [2.05, 4.69) is 15.3 Å². The standard InChI is InChI=1S/C14H15N3O2/c1-9-4-6-10(7-5-9)11-8-16-13(15-2)12(17-11)14(18)19-3/h4-8H,1-3H3,(H,15,16). The molecular formula is C14H15N3O2. The summed E-state index contributed by atoms with van der Waals surface area (Å²) in [5, 5.41) is 2.82. The summed E-state index contributed by atoms with van der Waals surface area (Å²) in [6, 6.07) is 7.86. The maximum absolute atomic E-state index is 11.7. The Kier molecular flexibility index (Phi) is 3.75. The highest BCUT2D eigenvalue weighted by Gasteiger charge is 2.15. The molecule has 98 valence electrons. The average molecular weight is 257 g/mol. The van der Waals surface area contributed by atoms with E-state index in [-0.39, 0.29) is 5.69 Å². The van der Waals surface area contributed by atoms with E-state index in [0.717, 1.165) is 11.1 Å². The highest BCUT2D eigenvalue weighted by atomic mass is 16.5. The lowest BCUT2D eigenvalue weighted by Crippen LogP contribution is -2.10. The topological polar surface area (TPSA) is 64.1 Å². The first-order valence-corrected chi connectivity index (χ1v) is 5.86. The molecule has 1 aromatic carbocycles. The lowest BCUT2D eigenvalue weighted by Gasteiger charge is -2.08. The van der Waals surface area contributed by atoms with Crippen LogP contribution in [0, 0.1) is 6.92 Å². The number of anilines is 1. The van der Waals surface area contributed by atoms with Gasteiger partial charge in [-0.05, 0) is 6.92 Å². The molecule has 0 aliphatic rings. The zero-order valence-electron chi connectivity index (χ0n) is 11.1. The van der Waals surface area contributed by atoms with E-state index >= 15 is 0 Å². The number of esters is 1. The van der Waals surface area contributed by atoms with Crippen LogP contribution in [0.3, 0.4) is 0 Å². The van der Waals surface area contributed by atoms with Crippen LogP contribution >= 0.6 is 0 Å². The number of methoxy groups -OCH3 is 1. The van der Waals surface area contributed by atoms with Gasteiger partial charge in [-0.25, -0.2) is 14.8 Å². The zero-order valence-corrected chi connectivity index (χ0v) is 11.1. The summed E-state index contributed by atoms with van der Waals surface area (Å²) in [6.45, 7) is 2.01. The minimum Gasteiger partial charge on any atom is -0.464 e. The second kappa shape index (κ2) is 5.48. The van der Waals surface area contributed by atoms with Crippen molar-refractivity contribution in [1.82, 2.24) is 9.97 Å². The van der Waals surface area contributed by atoms with E-state index < -0.39 is 5.97 Å². The molecule has 0 aliphatic carbocycles. The number of aromatic nitrogens is 2. The van der Waals surface area contributed by atoms with Crippen LogP contribution in [0.25, 0.3) is 11.3 Å². The van der Waals surface area contributed by atoms with Crippen molar-refractivity contribution in [3.63, 3.8) is 0 Å². The lowest BCUT2D eigenvalue weighted by atomic mass is 10.1. The van der Waals surface area contributed by atoms with Gasteiger partial charge in [0.2, 0.25) is 0 Å². The third-order valence-electron chi connectivity index (χ3n) is 2.74. The zero-order chi connectivity index (χ0) is 13.8. The third-order valence-corrected chi connectivity index (χ3v) is 2.74. The maximum Gasteiger partial charge on any atom is 0.360 e. The average Bonchev–Trinajstić information content (AvgIpc) is 2.46. The van der Waals surface area contributed by atoms with E-state index in [4.69, 9.17) is 4.74 Å². The van der Waals surface area contributed by atoms with Gasteiger partial charge in [0.15, 0.2) is 11.5 Å². The molecule has 1 heterocycles. The van der Waals surface area contributed by atoms with Gasteiger partial charge in [-0.3, -0.25) is 0 Å². The molecular weight excluding hydrogens is 242 g/mol. The Morgan fingerprint density at radius 3 is 2.53 bits per heavy atom. The van der Waals surface area contributed by atoms with Crippen molar-refractivity contribution in [2.24, 2.45) is 0 Å². The quantitative estimate of drug-likeness (QED) is 0.855. The number of hydrogen-bond acceptors (Lipinski definition) is 5. The van der Waals surface area contributed by atoms with Crippen molar-refractivity contribution < 1.29 is 9.53 Å². The van der Waals surface area contributed by atoms with Crippen molar-refractivity contribution in [3.8, 4) is 11.3 Å². The van der Waals surface area contributed by atoms with Crippen LogP contribution in [0.15, 0.2) is 30.5 Å². The van der Waals surface area contributed by atoms with Crippen molar-refractivity contribution in [3.05, 3.63) is 41.7 Å². The predicted octanol–water partition coefficient (Wildman–Crippen LogP) is 2.28. The number of nitrogens with one attached hydrogen (secondary N) is 1. The Balaban J connectivity index is 2.48. The molecule has 2 rings (SSSR count). The first-order chi connectivity index (χ1) is 9.15. The fraction of sp³-hybridized carbons (Fsp3) is 0.214. The van der Waals surface area contributed by atoms with Gasteiger partial charge >= 0.3 is 5.97 Å². The number of aryl methyl sites for hydroxylation is 1. The number of carbonyl (C=O) groups is 1. The smallest absolute Gasteiger partial charge is 0.360 e. The van der Waals surface area contributed by atoms with E-state index in [9.17, 15) is 4.79 Å². The SMILES string of the molecule is CNc1ncc(-c2ccc(C)cc2)nc1C(=O)OC. The number of carbonyl (C=O) groups excluding carboxylic acids is 1. The minimum atomic E-state index is -0.509. The Labute approximate surface area is 111 Å². The molecule has 1 aromatic heterocycles. The summed E-state index contributed by atoms with van der Waals surface area (Å²) >= 11 is 0. The lowest BCUT2D eigenvalue weighted by molar-refractivity contribution is 0.0595. The fourth-order valence-corrected chi connectivity index (χ4v) is 1.67. The maximum atomic E-state index is 11.7. The Hall–Kier alpha value is -2.43. The molecule has 0 bridgehead atoms. The van der Waals surface area contributed by atoms with Crippen molar-refractivity contribution in [2.45, 2.75) is 6.92 Å². The van der Waals surface area contributed by atoms with Gasteiger partial charge in [-0.2, -0.15) is 0 Å². The van der Waals surface area contributed by atoms with Crippen LogP contribution < -0.4 is 5.32 Å². The molecule has 19 heavy (non-hydrogen) atoms. The van der Waals surface area contributed by atoms with Crippen LogP contribution in [-0.4, -0.2) is 30.1 Å². The van der Waals surface area contributed by atoms with Gasteiger partial charge in [-0.15, -0.1) is 0 Å². The molecule has 0 fully saturated rings. The van der Waals surface area contributed by atoms with E-state index in [1.54, 1.807) is 13.2 Å². The summed E-state index contributed by atoms with van der Waals surface area (Å²) in [5.41, 5.74) is 2.89. The number of benzene rings is 1. The van der Waals surface area contributed by atoms with Gasteiger partial charge in [0, 0.05) is 12.6 Å². The normalized spacial score (nSPS) is 10.1. The van der Waals surface area contributed by atoms with Gasteiger partial charge < -0.3 is 10.1 Å². The molecule has 0 radical (unpaired) electrons. The third kappa shape index (κ3) is 2.70. The predicted molar refractivity (Wildman–Crippen MR) is 73.1 cm³/mol. The number of rotatable bonds is 3. The summed E-state index contributed by atoms with van der Waals surface area (Å²) in [6.07, 6.45) is 1.63. The summed E-state index contributed by atoms with van der Waals surface area (Å²) < 4.78 is 4.71. The fourth-order valence-electron chi connectivity index (χ4n) is 1.67. The van der Waals surface area contributed by atoms with Crippen LogP contribution in [0.2, 0.25) is 0 Å². The van der Waals surface area contributed by atoms with Crippen molar-refractivity contribution in [1.29, 1.82) is 0 Å². The molecule has 0 atom stereocenters. The highest BCUT2D eigenvalue weighted by molar-refractivity contribution is 5.92. The first kappa shape index (κ1) is 13.0. The second-order valence-electron chi connectivity index (χ2n) is 4.06. The van der Waals surface area contributed by atoms with E-state index in [0.29, 0.717) is 11.5 Å². The van der Waals surface area contributed by atoms with E-state index in [1.165, 1.54) is 7.11 Å².